The number of alkyl carbamates (subject to hydrolysis) is 1. The Balaban J connectivity index is 1.37. The van der Waals surface area contributed by atoms with Crippen molar-refractivity contribution >= 4 is 12.1 Å². The lowest BCUT2D eigenvalue weighted by Crippen LogP contribution is -2.39. The van der Waals surface area contributed by atoms with Crippen molar-refractivity contribution in [3.8, 4) is 11.1 Å². The van der Waals surface area contributed by atoms with E-state index < -0.39 is 18.0 Å². The average Bonchev–Trinajstić information content (AvgIpc) is 3.07. The number of benzene rings is 2. The largest absolute Gasteiger partial charge is 0.481 e. The van der Waals surface area contributed by atoms with Crippen molar-refractivity contribution in [2.24, 2.45) is 11.8 Å². The first kappa shape index (κ1) is 19.5. The lowest BCUT2D eigenvalue weighted by atomic mass is 9.86. The molecule has 1 aliphatic carbocycles. The molecule has 2 aliphatic rings. The Bertz CT molecular complexity index is 845. The Morgan fingerprint density at radius 3 is 2.21 bits per heavy atom. The van der Waals surface area contributed by atoms with Crippen molar-refractivity contribution in [3.05, 3.63) is 59.7 Å². The van der Waals surface area contributed by atoms with E-state index in [-0.39, 0.29) is 25.0 Å². The zero-order valence-electron chi connectivity index (χ0n) is 16.2. The first-order valence-corrected chi connectivity index (χ1v) is 10.0. The number of carbonyl (C=O) groups excluding carboxylic acids is 1. The van der Waals surface area contributed by atoms with Crippen molar-refractivity contribution in [1.82, 2.24) is 5.32 Å². The van der Waals surface area contributed by atoms with Gasteiger partial charge in [0, 0.05) is 25.7 Å². The van der Waals surface area contributed by atoms with Gasteiger partial charge in [0.1, 0.15) is 6.61 Å². The maximum Gasteiger partial charge on any atom is 0.407 e. The minimum absolute atomic E-state index is 0.00939. The first-order chi connectivity index (χ1) is 14.1. The first-order valence-electron chi connectivity index (χ1n) is 10.0. The minimum atomic E-state index is -0.893. The van der Waals surface area contributed by atoms with E-state index in [1.165, 1.54) is 11.1 Å². The molecular formula is C23H25NO5. The number of carboxylic acids is 1. The van der Waals surface area contributed by atoms with Crippen molar-refractivity contribution in [1.29, 1.82) is 0 Å². The zero-order valence-corrected chi connectivity index (χ0v) is 16.2. The summed E-state index contributed by atoms with van der Waals surface area (Å²) in [5.41, 5.74) is 4.63. The second kappa shape index (κ2) is 8.66. The molecule has 152 valence electrons. The molecule has 2 aromatic rings. The average molecular weight is 395 g/mol. The predicted molar refractivity (Wildman–Crippen MR) is 108 cm³/mol. The van der Waals surface area contributed by atoms with Gasteiger partial charge in [-0.25, -0.2) is 4.79 Å². The Hall–Kier alpha value is -2.86. The highest BCUT2D eigenvalue weighted by atomic mass is 16.5. The van der Waals surface area contributed by atoms with Crippen molar-refractivity contribution in [2.75, 3.05) is 26.4 Å². The van der Waals surface area contributed by atoms with Crippen LogP contribution in [0.4, 0.5) is 4.79 Å². The number of carbonyl (C=O) groups is 2. The molecule has 0 saturated carbocycles. The second-order valence-corrected chi connectivity index (χ2v) is 7.60. The van der Waals surface area contributed by atoms with Crippen molar-refractivity contribution in [3.63, 3.8) is 0 Å². The predicted octanol–water partition coefficient (Wildman–Crippen LogP) is 3.65. The molecule has 1 fully saturated rings. The van der Waals surface area contributed by atoms with E-state index in [9.17, 15) is 14.7 Å². The van der Waals surface area contributed by atoms with Crippen molar-refractivity contribution < 1.29 is 24.2 Å². The minimum Gasteiger partial charge on any atom is -0.481 e. The van der Waals surface area contributed by atoms with Gasteiger partial charge in [-0.05, 0) is 41.0 Å². The van der Waals surface area contributed by atoms with E-state index in [0.29, 0.717) is 26.1 Å². The fraction of sp³-hybridized carbons (Fsp3) is 0.391. The summed E-state index contributed by atoms with van der Waals surface area (Å²) in [5.74, 6) is -1.52. The number of ether oxygens (including phenoxy) is 2. The second-order valence-electron chi connectivity index (χ2n) is 7.60. The number of hydrogen-bond donors (Lipinski definition) is 2. The van der Waals surface area contributed by atoms with Crippen LogP contribution in [0.1, 0.15) is 29.9 Å². The highest BCUT2D eigenvalue weighted by Crippen LogP contribution is 2.44. The summed E-state index contributed by atoms with van der Waals surface area (Å²) < 4.78 is 10.8. The van der Waals surface area contributed by atoms with Crippen LogP contribution in [0.3, 0.4) is 0 Å². The number of fused-ring (bicyclic) bond motifs is 3. The number of amides is 1. The summed E-state index contributed by atoms with van der Waals surface area (Å²) in [4.78, 5) is 23.9. The van der Waals surface area contributed by atoms with Gasteiger partial charge >= 0.3 is 12.1 Å². The molecule has 6 nitrogen and oxygen atoms in total. The molecule has 0 aromatic heterocycles. The summed E-state index contributed by atoms with van der Waals surface area (Å²) in [6, 6.07) is 16.3. The van der Waals surface area contributed by atoms with Gasteiger partial charge in [-0.3, -0.25) is 4.79 Å². The third kappa shape index (κ3) is 4.12. The van der Waals surface area contributed by atoms with Crippen LogP contribution in [-0.2, 0) is 14.3 Å². The van der Waals surface area contributed by atoms with Gasteiger partial charge in [0.25, 0.3) is 0 Å². The molecule has 0 radical (unpaired) electrons. The molecule has 1 atom stereocenters. The number of rotatable bonds is 6. The van der Waals surface area contributed by atoms with Crippen LogP contribution >= 0.6 is 0 Å². The van der Waals surface area contributed by atoms with Gasteiger partial charge in [-0.15, -0.1) is 0 Å². The normalized spacial score (nSPS) is 17.2. The molecule has 1 saturated heterocycles. The summed E-state index contributed by atoms with van der Waals surface area (Å²) in [6.07, 6.45) is 0.817. The molecule has 1 heterocycles. The monoisotopic (exact) mass is 395 g/mol. The third-order valence-corrected chi connectivity index (χ3v) is 5.96. The lowest BCUT2D eigenvalue weighted by molar-refractivity contribution is -0.144. The van der Waals surface area contributed by atoms with Crippen molar-refractivity contribution in [2.45, 2.75) is 18.8 Å². The topological polar surface area (TPSA) is 84.9 Å². The Kier molecular flexibility index (Phi) is 5.81. The maximum atomic E-state index is 12.3. The summed E-state index contributed by atoms with van der Waals surface area (Å²) in [7, 11) is 0. The third-order valence-electron chi connectivity index (χ3n) is 5.96. The summed E-state index contributed by atoms with van der Waals surface area (Å²) in [5, 5.41) is 12.2. The fourth-order valence-electron chi connectivity index (χ4n) is 4.42. The maximum absolute atomic E-state index is 12.3. The Morgan fingerprint density at radius 1 is 1.03 bits per heavy atom. The van der Waals surface area contributed by atoms with E-state index in [4.69, 9.17) is 9.47 Å². The molecule has 2 aromatic carbocycles. The van der Waals surface area contributed by atoms with Gasteiger partial charge in [0.15, 0.2) is 0 Å². The molecule has 29 heavy (non-hydrogen) atoms. The molecule has 0 bridgehead atoms. The molecule has 1 amide bonds. The van der Waals surface area contributed by atoms with Crippen LogP contribution in [0, 0.1) is 11.8 Å². The van der Waals surface area contributed by atoms with Crippen LogP contribution in [0.5, 0.6) is 0 Å². The smallest absolute Gasteiger partial charge is 0.407 e. The molecule has 2 N–H and O–H groups in total. The Morgan fingerprint density at radius 2 is 1.62 bits per heavy atom. The van der Waals surface area contributed by atoms with E-state index in [2.05, 4.69) is 29.6 Å². The fourth-order valence-corrected chi connectivity index (χ4v) is 4.42. The van der Waals surface area contributed by atoms with E-state index in [0.717, 1.165) is 11.1 Å². The number of hydrogen-bond acceptors (Lipinski definition) is 4. The van der Waals surface area contributed by atoms with E-state index in [1.54, 1.807) is 0 Å². The van der Waals surface area contributed by atoms with Gasteiger partial charge in [0.05, 0.1) is 5.92 Å². The zero-order chi connectivity index (χ0) is 20.2. The molecule has 6 heteroatoms. The molecule has 1 aliphatic heterocycles. The summed E-state index contributed by atoms with van der Waals surface area (Å²) in [6.45, 7) is 1.42. The lowest BCUT2D eigenvalue weighted by Gasteiger charge is -2.27. The molecule has 0 spiro atoms. The summed E-state index contributed by atoms with van der Waals surface area (Å²) >= 11 is 0. The van der Waals surface area contributed by atoms with Crippen LogP contribution < -0.4 is 5.32 Å². The van der Waals surface area contributed by atoms with Gasteiger partial charge in [-0.1, -0.05) is 48.5 Å². The van der Waals surface area contributed by atoms with Crippen LogP contribution in [-0.4, -0.2) is 43.5 Å². The molecular weight excluding hydrogens is 370 g/mol. The Labute approximate surface area is 169 Å². The van der Waals surface area contributed by atoms with E-state index in [1.807, 2.05) is 24.3 Å². The standard InChI is InChI=1S/C23H25NO5/c25-22(26)20(15-9-11-28-12-10-15)13-24-23(27)29-14-21-18-7-3-1-5-16(18)17-6-2-4-8-19(17)21/h1-8,15,20-21H,9-14H2,(H,24,27)(H,25,26). The number of nitrogens with one attached hydrogen (secondary N) is 1. The molecule has 1 unspecified atom stereocenters. The number of carboxylic acid groups (broad SMARTS) is 1. The molecule has 4 rings (SSSR count). The van der Waals surface area contributed by atoms with E-state index >= 15 is 0 Å². The van der Waals surface area contributed by atoms with Gasteiger partial charge in [0.2, 0.25) is 0 Å². The van der Waals surface area contributed by atoms with Crippen LogP contribution in [0.2, 0.25) is 0 Å². The highest BCUT2D eigenvalue weighted by molar-refractivity contribution is 5.79. The van der Waals surface area contributed by atoms with Gasteiger partial charge < -0.3 is 19.9 Å². The quantitative estimate of drug-likeness (QED) is 0.780. The van der Waals surface area contributed by atoms with Crippen LogP contribution in [0.25, 0.3) is 11.1 Å². The number of aliphatic carboxylic acids is 1. The highest BCUT2D eigenvalue weighted by Gasteiger charge is 2.31. The van der Waals surface area contributed by atoms with Gasteiger partial charge in [-0.2, -0.15) is 0 Å². The SMILES string of the molecule is O=C(NCC(C(=O)O)C1CCOCC1)OCC1c2ccccc2-c2ccccc21. The van der Waals surface area contributed by atoms with Crippen LogP contribution in [0.15, 0.2) is 48.5 Å².